The Kier molecular flexibility index (Phi) is 3.58. The Morgan fingerprint density at radius 1 is 1.29 bits per heavy atom. The average molecular weight is 294 g/mol. The second kappa shape index (κ2) is 5.14. The summed E-state index contributed by atoms with van der Waals surface area (Å²) >= 11 is 3.17. The minimum atomic E-state index is -0.0598. The second-order valence-electron chi connectivity index (χ2n) is 3.73. The van der Waals surface area contributed by atoms with Crippen molar-refractivity contribution >= 4 is 21.6 Å². The van der Waals surface area contributed by atoms with Crippen LogP contribution >= 0.6 is 15.9 Å². The van der Waals surface area contributed by atoms with Crippen LogP contribution in [-0.2, 0) is 13.0 Å². The van der Waals surface area contributed by atoms with Crippen LogP contribution in [0.3, 0.4) is 0 Å². The number of aromatic nitrogens is 2. The SMILES string of the molecule is Nc1ccc(CCn2cncc(Br)c2=O)cc1. The van der Waals surface area contributed by atoms with E-state index in [4.69, 9.17) is 5.73 Å². The van der Waals surface area contributed by atoms with Gasteiger partial charge in [0.15, 0.2) is 0 Å². The average Bonchev–Trinajstić information content (AvgIpc) is 2.33. The highest BCUT2D eigenvalue weighted by Gasteiger charge is 2.01. The molecule has 0 aliphatic carbocycles. The van der Waals surface area contributed by atoms with Crippen molar-refractivity contribution in [3.63, 3.8) is 0 Å². The van der Waals surface area contributed by atoms with Gasteiger partial charge in [0.2, 0.25) is 0 Å². The van der Waals surface area contributed by atoms with Gasteiger partial charge in [0.1, 0.15) is 4.47 Å². The maximum absolute atomic E-state index is 11.7. The summed E-state index contributed by atoms with van der Waals surface area (Å²) in [6, 6.07) is 7.64. The molecule has 17 heavy (non-hydrogen) atoms. The second-order valence-corrected chi connectivity index (χ2v) is 4.59. The van der Waals surface area contributed by atoms with Gasteiger partial charge >= 0.3 is 0 Å². The topological polar surface area (TPSA) is 60.9 Å². The Hall–Kier alpha value is -1.62. The van der Waals surface area contributed by atoms with E-state index >= 15 is 0 Å². The van der Waals surface area contributed by atoms with Gasteiger partial charge in [-0.1, -0.05) is 12.1 Å². The summed E-state index contributed by atoms with van der Waals surface area (Å²) in [5.41, 5.74) is 7.44. The van der Waals surface area contributed by atoms with Crippen molar-refractivity contribution in [3.05, 3.63) is 57.2 Å². The van der Waals surface area contributed by atoms with E-state index in [9.17, 15) is 4.79 Å². The molecule has 0 aliphatic rings. The van der Waals surface area contributed by atoms with Gasteiger partial charge in [0.25, 0.3) is 5.56 Å². The first-order valence-corrected chi connectivity index (χ1v) is 6.00. The largest absolute Gasteiger partial charge is 0.399 e. The van der Waals surface area contributed by atoms with Gasteiger partial charge in [-0.05, 0) is 40.0 Å². The molecule has 0 radical (unpaired) electrons. The molecule has 88 valence electrons. The third-order valence-electron chi connectivity index (χ3n) is 2.48. The van der Waals surface area contributed by atoms with E-state index in [1.165, 1.54) is 6.20 Å². The highest BCUT2D eigenvalue weighted by atomic mass is 79.9. The van der Waals surface area contributed by atoms with Gasteiger partial charge in [-0.3, -0.25) is 9.36 Å². The maximum Gasteiger partial charge on any atom is 0.267 e. The predicted octanol–water partition coefficient (Wildman–Crippen LogP) is 1.83. The monoisotopic (exact) mass is 293 g/mol. The molecule has 0 atom stereocenters. The summed E-state index contributed by atoms with van der Waals surface area (Å²) in [5, 5.41) is 0. The van der Waals surface area contributed by atoms with Crippen LogP contribution in [0.15, 0.2) is 46.1 Å². The van der Waals surface area contributed by atoms with E-state index in [1.807, 2.05) is 24.3 Å². The molecule has 0 amide bonds. The first-order chi connectivity index (χ1) is 8.16. The van der Waals surface area contributed by atoms with Gasteiger partial charge < -0.3 is 5.73 Å². The van der Waals surface area contributed by atoms with Gasteiger partial charge in [0, 0.05) is 18.4 Å². The highest BCUT2D eigenvalue weighted by molar-refractivity contribution is 9.10. The zero-order chi connectivity index (χ0) is 12.3. The molecule has 1 aromatic heterocycles. The first kappa shape index (κ1) is 11.9. The van der Waals surface area contributed by atoms with Crippen LogP contribution < -0.4 is 11.3 Å². The molecule has 4 nitrogen and oxygen atoms in total. The van der Waals surface area contributed by atoms with Crippen molar-refractivity contribution < 1.29 is 0 Å². The maximum atomic E-state index is 11.7. The summed E-state index contributed by atoms with van der Waals surface area (Å²) in [6.45, 7) is 0.606. The number of aryl methyl sites for hydroxylation is 2. The molecule has 0 fully saturated rings. The molecule has 0 saturated heterocycles. The van der Waals surface area contributed by atoms with Crippen LogP contribution in [0, 0.1) is 0 Å². The van der Waals surface area contributed by atoms with Crippen LogP contribution in [0.1, 0.15) is 5.56 Å². The molecular formula is C12H12BrN3O. The Morgan fingerprint density at radius 2 is 2.00 bits per heavy atom. The van der Waals surface area contributed by atoms with Crippen LogP contribution in [0.5, 0.6) is 0 Å². The predicted molar refractivity (Wildman–Crippen MR) is 70.8 cm³/mol. The molecule has 2 rings (SSSR count). The lowest BCUT2D eigenvalue weighted by Crippen LogP contribution is -2.21. The van der Waals surface area contributed by atoms with Gasteiger partial charge in [0.05, 0.1) is 6.33 Å². The van der Waals surface area contributed by atoms with E-state index < -0.39 is 0 Å². The van der Waals surface area contributed by atoms with Crippen molar-refractivity contribution in [1.29, 1.82) is 0 Å². The number of nitrogen functional groups attached to an aromatic ring is 1. The Balaban J connectivity index is 2.10. The molecule has 2 N–H and O–H groups in total. The lowest BCUT2D eigenvalue weighted by molar-refractivity contribution is 0.651. The minimum absolute atomic E-state index is 0.0598. The van der Waals surface area contributed by atoms with E-state index in [0.29, 0.717) is 11.0 Å². The van der Waals surface area contributed by atoms with Gasteiger partial charge in [-0.15, -0.1) is 0 Å². The van der Waals surface area contributed by atoms with Crippen LogP contribution in [0.2, 0.25) is 0 Å². The molecule has 1 heterocycles. The normalized spacial score (nSPS) is 10.4. The Morgan fingerprint density at radius 3 is 2.71 bits per heavy atom. The quantitative estimate of drug-likeness (QED) is 0.879. The molecule has 0 unspecified atom stereocenters. The number of nitrogens with zero attached hydrogens (tertiary/aromatic N) is 2. The van der Waals surface area contributed by atoms with E-state index in [1.54, 1.807) is 10.9 Å². The van der Waals surface area contributed by atoms with Crippen molar-refractivity contribution in [2.24, 2.45) is 0 Å². The fraction of sp³-hybridized carbons (Fsp3) is 0.167. The van der Waals surface area contributed by atoms with E-state index in [0.717, 1.165) is 17.7 Å². The number of hydrogen-bond acceptors (Lipinski definition) is 3. The molecule has 0 spiro atoms. The molecule has 0 bridgehead atoms. The standard InChI is InChI=1S/C12H12BrN3O/c13-11-7-15-8-16(12(11)17)6-5-9-1-3-10(14)4-2-9/h1-4,7-8H,5-6,14H2. The van der Waals surface area contributed by atoms with Crippen LogP contribution in [0.4, 0.5) is 5.69 Å². The molecule has 0 saturated carbocycles. The smallest absolute Gasteiger partial charge is 0.267 e. The van der Waals surface area contributed by atoms with Crippen molar-refractivity contribution in [3.8, 4) is 0 Å². The number of halogens is 1. The zero-order valence-corrected chi connectivity index (χ0v) is 10.7. The number of benzene rings is 1. The number of rotatable bonds is 3. The van der Waals surface area contributed by atoms with Crippen LogP contribution in [-0.4, -0.2) is 9.55 Å². The fourth-order valence-electron chi connectivity index (χ4n) is 1.52. The summed E-state index contributed by atoms with van der Waals surface area (Å²) in [5.74, 6) is 0. The zero-order valence-electron chi connectivity index (χ0n) is 9.14. The van der Waals surface area contributed by atoms with Crippen molar-refractivity contribution in [2.45, 2.75) is 13.0 Å². The molecule has 5 heteroatoms. The van der Waals surface area contributed by atoms with Crippen molar-refractivity contribution in [2.75, 3.05) is 5.73 Å². The number of hydrogen-bond donors (Lipinski definition) is 1. The summed E-state index contributed by atoms with van der Waals surface area (Å²) in [7, 11) is 0. The van der Waals surface area contributed by atoms with E-state index in [2.05, 4.69) is 20.9 Å². The Labute approximate surface area is 107 Å². The van der Waals surface area contributed by atoms with Crippen LogP contribution in [0.25, 0.3) is 0 Å². The van der Waals surface area contributed by atoms with E-state index in [-0.39, 0.29) is 5.56 Å². The number of anilines is 1. The van der Waals surface area contributed by atoms with Crippen molar-refractivity contribution in [1.82, 2.24) is 9.55 Å². The molecule has 0 aliphatic heterocycles. The molecule has 2 aromatic rings. The highest BCUT2D eigenvalue weighted by Crippen LogP contribution is 2.07. The lowest BCUT2D eigenvalue weighted by atomic mass is 10.1. The third-order valence-corrected chi connectivity index (χ3v) is 3.02. The first-order valence-electron chi connectivity index (χ1n) is 5.21. The summed E-state index contributed by atoms with van der Waals surface area (Å²) in [4.78, 5) is 15.7. The summed E-state index contributed by atoms with van der Waals surface area (Å²) < 4.78 is 2.07. The molecule has 1 aromatic carbocycles. The minimum Gasteiger partial charge on any atom is -0.399 e. The lowest BCUT2D eigenvalue weighted by Gasteiger charge is -2.05. The fourth-order valence-corrected chi connectivity index (χ4v) is 1.86. The third kappa shape index (κ3) is 2.94. The number of nitrogens with two attached hydrogens (primary N) is 1. The molecular weight excluding hydrogens is 282 g/mol. The Bertz CT molecular complexity index is 563. The van der Waals surface area contributed by atoms with Gasteiger partial charge in [-0.2, -0.15) is 0 Å². The van der Waals surface area contributed by atoms with Gasteiger partial charge in [-0.25, -0.2) is 4.98 Å². The summed E-state index contributed by atoms with van der Waals surface area (Å²) in [6.07, 6.45) is 3.82.